The van der Waals surface area contributed by atoms with E-state index in [1.165, 1.54) is 11.8 Å². The van der Waals surface area contributed by atoms with Gasteiger partial charge in [-0.2, -0.15) is 0 Å². The van der Waals surface area contributed by atoms with Gasteiger partial charge in [-0.25, -0.2) is 0 Å². The number of halogens is 1. The molecule has 2 N–H and O–H groups in total. The van der Waals surface area contributed by atoms with Crippen molar-refractivity contribution in [1.29, 1.82) is 0 Å². The van der Waals surface area contributed by atoms with Crippen LogP contribution in [0.1, 0.15) is 54.1 Å². The number of hydrogen-bond donors (Lipinski definition) is 2. The lowest BCUT2D eigenvalue weighted by Crippen LogP contribution is -2.33. The number of thioether (sulfide) groups is 1. The van der Waals surface area contributed by atoms with Gasteiger partial charge in [-0.1, -0.05) is 43.8 Å². The van der Waals surface area contributed by atoms with Gasteiger partial charge in [-0.15, -0.1) is 10.2 Å². The lowest BCUT2D eigenvalue weighted by atomic mass is 10.0. The second-order valence-electron chi connectivity index (χ2n) is 8.40. The zero-order chi connectivity index (χ0) is 24.8. The van der Waals surface area contributed by atoms with Crippen molar-refractivity contribution in [2.45, 2.75) is 52.4 Å². The molecule has 3 aromatic rings. The van der Waals surface area contributed by atoms with Crippen LogP contribution in [0.15, 0.2) is 52.1 Å². The first-order valence-electron chi connectivity index (χ1n) is 11.2. The van der Waals surface area contributed by atoms with E-state index in [-0.39, 0.29) is 29.5 Å². The molecule has 0 aliphatic heterocycles. The highest BCUT2D eigenvalue weighted by Crippen LogP contribution is 2.28. The fraction of sp³-hybridized carbons (Fsp3) is 0.360. The van der Waals surface area contributed by atoms with Gasteiger partial charge in [0.1, 0.15) is 0 Å². The summed E-state index contributed by atoms with van der Waals surface area (Å²) in [5.74, 6) is 0.698. The number of amides is 2. The van der Waals surface area contributed by atoms with E-state index in [2.05, 4.69) is 36.8 Å². The second kappa shape index (κ2) is 11.7. The third-order valence-electron chi connectivity index (χ3n) is 5.52. The van der Waals surface area contributed by atoms with E-state index in [4.69, 9.17) is 0 Å². The van der Waals surface area contributed by atoms with Gasteiger partial charge in [-0.3, -0.25) is 9.59 Å². The molecular weight excluding hydrogens is 514 g/mol. The van der Waals surface area contributed by atoms with Gasteiger partial charge in [0.2, 0.25) is 5.91 Å². The maximum atomic E-state index is 12.8. The number of benzene rings is 2. The number of carbonyl (C=O) groups excluding carboxylic acids is 2. The highest BCUT2D eigenvalue weighted by Gasteiger charge is 2.26. The Labute approximate surface area is 213 Å². The molecule has 0 radical (unpaired) electrons. The molecule has 1 atom stereocenters. The molecule has 0 saturated carbocycles. The van der Waals surface area contributed by atoms with Gasteiger partial charge in [0.15, 0.2) is 11.0 Å². The normalized spacial score (nSPS) is 12.0. The van der Waals surface area contributed by atoms with E-state index in [1.54, 1.807) is 12.1 Å². The molecule has 7 nitrogen and oxygen atoms in total. The molecule has 1 heterocycles. The van der Waals surface area contributed by atoms with Gasteiger partial charge in [0.25, 0.3) is 5.91 Å². The summed E-state index contributed by atoms with van der Waals surface area (Å²) < 4.78 is 2.81. The van der Waals surface area contributed by atoms with Crippen LogP contribution in [0.25, 0.3) is 0 Å². The molecule has 0 bridgehead atoms. The Morgan fingerprint density at radius 2 is 1.76 bits per heavy atom. The molecule has 3 rings (SSSR count). The van der Waals surface area contributed by atoms with Gasteiger partial charge < -0.3 is 15.2 Å². The molecule has 9 heteroatoms. The summed E-state index contributed by atoms with van der Waals surface area (Å²) in [6.07, 6.45) is 0. The fourth-order valence-electron chi connectivity index (χ4n) is 3.47. The number of anilines is 1. The van der Waals surface area contributed by atoms with Crippen LogP contribution in [0.5, 0.6) is 0 Å². The van der Waals surface area contributed by atoms with Crippen molar-refractivity contribution in [2.24, 2.45) is 5.92 Å². The molecule has 0 unspecified atom stereocenters. The van der Waals surface area contributed by atoms with Crippen LogP contribution < -0.4 is 10.6 Å². The molecule has 180 valence electrons. The monoisotopic (exact) mass is 543 g/mol. The molecule has 1 aromatic heterocycles. The number of hydrogen-bond acceptors (Lipinski definition) is 5. The highest BCUT2D eigenvalue weighted by atomic mass is 79.9. The van der Waals surface area contributed by atoms with E-state index in [0.29, 0.717) is 23.1 Å². The van der Waals surface area contributed by atoms with Crippen molar-refractivity contribution in [3.8, 4) is 0 Å². The Hall–Kier alpha value is -2.65. The Balaban J connectivity index is 1.71. The number of nitrogens with one attached hydrogen (secondary N) is 2. The van der Waals surface area contributed by atoms with Gasteiger partial charge in [0.05, 0.1) is 17.5 Å². The SMILES string of the molecule is CCn1c(SCC(=O)Nc2cc(C)c(C)cc2Br)nnc1[C@@H](NC(=O)c1ccccc1)C(C)C. The summed E-state index contributed by atoms with van der Waals surface area (Å²) in [5, 5.41) is 15.4. The number of rotatable bonds is 9. The molecule has 34 heavy (non-hydrogen) atoms. The van der Waals surface area contributed by atoms with Crippen LogP contribution in [0.4, 0.5) is 5.69 Å². The first-order chi connectivity index (χ1) is 16.2. The third-order valence-corrected chi connectivity index (χ3v) is 7.14. The first-order valence-corrected chi connectivity index (χ1v) is 13.0. The molecule has 0 fully saturated rings. The van der Waals surface area contributed by atoms with Crippen molar-refractivity contribution in [2.75, 3.05) is 11.1 Å². The summed E-state index contributed by atoms with van der Waals surface area (Å²) in [6.45, 7) is 10.7. The predicted molar refractivity (Wildman–Crippen MR) is 140 cm³/mol. The fourth-order valence-corrected chi connectivity index (χ4v) is 4.84. The van der Waals surface area contributed by atoms with E-state index in [0.717, 1.165) is 21.3 Å². The predicted octanol–water partition coefficient (Wildman–Crippen LogP) is 5.54. The van der Waals surface area contributed by atoms with Gasteiger partial charge in [-0.05, 0) is 78.0 Å². The Bertz CT molecular complexity index is 1160. The van der Waals surface area contributed by atoms with Crippen molar-refractivity contribution in [1.82, 2.24) is 20.1 Å². The van der Waals surface area contributed by atoms with E-state index in [9.17, 15) is 9.59 Å². The Kier molecular flexibility index (Phi) is 8.90. The second-order valence-corrected chi connectivity index (χ2v) is 10.2. The van der Waals surface area contributed by atoms with Crippen LogP contribution in [0.2, 0.25) is 0 Å². The summed E-state index contributed by atoms with van der Waals surface area (Å²) in [6, 6.07) is 12.8. The van der Waals surface area contributed by atoms with Crippen molar-refractivity contribution >= 4 is 45.2 Å². The van der Waals surface area contributed by atoms with Gasteiger partial charge >= 0.3 is 0 Å². The average Bonchev–Trinajstić information content (AvgIpc) is 3.22. The quantitative estimate of drug-likeness (QED) is 0.346. The summed E-state index contributed by atoms with van der Waals surface area (Å²) in [5.41, 5.74) is 3.61. The molecule has 2 amide bonds. The van der Waals surface area contributed by atoms with Crippen LogP contribution in [0, 0.1) is 19.8 Å². The zero-order valence-corrected chi connectivity index (χ0v) is 22.5. The highest BCUT2D eigenvalue weighted by molar-refractivity contribution is 9.10. The summed E-state index contributed by atoms with van der Waals surface area (Å²) >= 11 is 4.84. The number of aryl methyl sites for hydroxylation is 2. The summed E-state index contributed by atoms with van der Waals surface area (Å²) in [7, 11) is 0. The molecule has 0 aliphatic carbocycles. The van der Waals surface area contributed by atoms with Crippen LogP contribution in [0.3, 0.4) is 0 Å². The van der Waals surface area contributed by atoms with Gasteiger partial charge in [0, 0.05) is 16.6 Å². The smallest absolute Gasteiger partial charge is 0.251 e. The van der Waals surface area contributed by atoms with Crippen LogP contribution in [-0.2, 0) is 11.3 Å². The first kappa shape index (κ1) is 26.0. The minimum absolute atomic E-state index is 0.102. The number of carbonyl (C=O) groups is 2. The van der Waals surface area contributed by atoms with E-state index < -0.39 is 0 Å². The number of aromatic nitrogens is 3. The third kappa shape index (κ3) is 6.27. The molecule has 0 saturated heterocycles. The zero-order valence-electron chi connectivity index (χ0n) is 20.1. The number of nitrogens with zero attached hydrogens (tertiary/aromatic N) is 3. The Morgan fingerprint density at radius 1 is 1.09 bits per heavy atom. The maximum Gasteiger partial charge on any atom is 0.251 e. The standard InChI is InChI=1S/C25H30BrN5O2S/c1-6-31-23(22(15(2)3)28-24(33)18-10-8-7-9-11-18)29-30-25(31)34-14-21(32)27-20-13-17(5)16(4)12-19(20)26/h7-13,15,22H,6,14H2,1-5H3,(H,27,32)(H,28,33)/t22-/m0/s1. The average molecular weight is 545 g/mol. The minimum Gasteiger partial charge on any atom is -0.342 e. The molecule has 0 spiro atoms. The lowest BCUT2D eigenvalue weighted by molar-refractivity contribution is -0.113. The molecule has 2 aromatic carbocycles. The molecule has 0 aliphatic rings. The Morgan fingerprint density at radius 3 is 2.41 bits per heavy atom. The van der Waals surface area contributed by atoms with Crippen molar-refractivity contribution in [3.63, 3.8) is 0 Å². The summed E-state index contributed by atoms with van der Waals surface area (Å²) in [4.78, 5) is 25.4. The largest absolute Gasteiger partial charge is 0.342 e. The topological polar surface area (TPSA) is 88.9 Å². The molecular formula is C25H30BrN5O2S. The van der Waals surface area contributed by atoms with Crippen LogP contribution in [-0.4, -0.2) is 32.3 Å². The minimum atomic E-state index is -0.310. The van der Waals surface area contributed by atoms with E-state index in [1.807, 2.05) is 69.5 Å². The van der Waals surface area contributed by atoms with Crippen LogP contribution >= 0.6 is 27.7 Å². The van der Waals surface area contributed by atoms with Crippen molar-refractivity contribution < 1.29 is 9.59 Å². The van der Waals surface area contributed by atoms with E-state index >= 15 is 0 Å². The lowest BCUT2D eigenvalue weighted by Gasteiger charge is -2.22. The maximum absolute atomic E-state index is 12.8. The van der Waals surface area contributed by atoms with Crippen molar-refractivity contribution in [3.05, 3.63) is 69.5 Å².